The summed E-state index contributed by atoms with van der Waals surface area (Å²) in [6.07, 6.45) is 1.32. The summed E-state index contributed by atoms with van der Waals surface area (Å²) in [6, 6.07) is 11.3. The Bertz CT molecular complexity index is 783. The quantitative estimate of drug-likeness (QED) is 0.751. The standard InChI is InChI=1S/C17H18N4O4/c22-9-15-19-20-17(24-15)11-6-12(7-11)18-16(23)14-8-13(21-25-14)10-4-2-1-3-5-10/h1-5,8,11-12,17,20,22H,6-7,9H2,(H,18,23)/t11?,12?,17-/m1/s1. The smallest absolute Gasteiger partial charge is 0.290 e. The highest BCUT2D eigenvalue weighted by Crippen LogP contribution is 2.32. The first-order valence-corrected chi connectivity index (χ1v) is 8.15. The van der Waals surface area contributed by atoms with Crippen molar-refractivity contribution in [3.8, 4) is 11.3 Å². The number of nitrogens with zero attached hydrogens (tertiary/aromatic N) is 2. The van der Waals surface area contributed by atoms with E-state index in [-0.39, 0.29) is 36.5 Å². The van der Waals surface area contributed by atoms with Gasteiger partial charge in [-0.05, 0) is 12.8 Å². The third-order valence-corrected chi connectivity index (χ3v) is 4.46. The van der Waals surface area contributed by atoms with Crippen LogP contribution in [0.2, 0.25) is 0 Å². The van der Waals surface area contributed by atoms with Crippen molar-refractivity contribution in [2.45, 2.75) is 25.1 Å². The predicted octanol–water partition coefficient (Wildman–Crippen LogP) is 1.10. The highest BCUT2D eigenvalue weighted by Gasteiger charge is 2.39. The van der Waals surface area contributed by atoms with Crippen molar-refractivity contribution in [3.63, 3.8) is 0 Å². The van der Waals surface area contributed by atoms with Gasteiger partial charge in [-0.3, -0.25) is 10.2 Å². The van der Waals surface area contributed by atoms with Gasteiger partial charge in [-0.1, -0.05) is 35.5 Å². The minimum atomic E-state index is -0.272. The SMILES string of the molecule is O=C(NC1CC([C@@H]2NN=C(CO)O2)C1)c1cc(-c2ccccc2)no1. The second-order valence-electron chi connectivity index (χ2n) is 6.18. The monoisotopic (exact) mass is 342 g/mol. The Balaban J connectivity index is 1.29. The van der Waals surface area contributed by atoms with E-state index in [0.29, 0.717) is 11.6 Å². The van der Waals surface area contributed by atoms with Crippen molar-refractivity contribution in [2.75, 3.05) is 6.61 Å². The first-order valence-electron chi connectivity index (χ1n) is 8.15. The average molecular weight is 342 g/mol. The zero-order chi connectivity index (χ0) is 17.2. The van der Waals surface area contributed by atoms with Gasteiger partial charge in [-0.15, -0.1) is 5.10 Å². The van der Waals surface area contributed by atoms with Crippen LogP contribution < -0.4 is 10.7 Å². The number of carbonyl (C=O) groups excluding carboxylic acids is 1. The minimum absolute atomic E-state index is 0.0614. The van der Waals surface area contributed by atoms with Gasteiger partial charge in [-0.25, -0.2) is 0 Å². The van der Waals surface area contributed by atoms with Crippen LogP contribution in [0.15, 0.2) is 46.0 Å². The maximum absolute atomic E-state index is 12.3. The lowest BCUT2D eigenvalue weighted by atomic mass is 9.79. The molecule has 1 amide bonds. The van der Waals surface area contributed by atoms with Crippen LogP contribution in [-0.2, 0) is 4.74 Å². The highest BCUT2D eigenvalue weighted by atomic mass is 16.5. The normalized spacial score (nSPS) is 24.7. The van der Waals surface area contributed by atoms with Crippen LogP contribution in [-0.4, -0.2) is 40.9 Å². The van der Waals surface area contributed by atoms with Gasteiger partial charge in [0, 0.05) is 23.6 Å². The molecular weight excluding hydrogens is 324 g/mol. The Morgan fingerprint density at radius 1 is 1.32 bits per heavy atom. The van der Waals surface area contributed by atoms with E-state index < -0.39 is 0 Å². The van der Waals surface area contributed by atoms with Crippen molar-refractivity contribution >= 4 is 11.8 Å². The van der Waals surface area contributed by atoms with Crippen LogP contribution in [0.3, 0.4) is 0 Å². The number of aliphatic hydroxyl groups excluding tert-OH is 1. The lowest BCUT2D eigenvalue weighted by Crippen LogP contribution is -2.50. The first kappa shape index (κ1) is 15.6. The summed E-state index contributed by atoms with van der Waals surface area (Å²) in [5, 5.41) is 19.7. The van der Waals surface area contributed by atoms with E-state index in [1.54, 1.807) is 6.07 Å². The second kappa shape index (κ2) is 6.56. The zero-order valence-electron chi connectivity index (χ0n) is 13.4. The van der Waals surface area contributed by atoms with Gasteiger partial charge in [0.1, 0.15) is 12.3 Å². The number of rotatable bonds is 5. The van der Waals surface area contributed by atoms with Crippen molar-refractivity contribution in [1.29, 1.82) is 0 Å². The fourth-order valence-electron chi connectivity index (χ4n) is 3.02. The summed E-state index contributed by atoms with van der Waals surface area (Å²) in [5.74, 6) is 0.467. The number of ether oxygens (including phenoxy) is 1. The molecule has 1 aliphatic heterocycles. The number of hydrazone groups is 1. The van der Waals surface area contributed by atoms with E-state index in [1.807, 2.05) is 30.3 Å². The fourth-order valence-corrected chi connectivity index (χ4v) is 3.02. The summed E-state index contributed by atoms with van der Waals surface area (Å²) in [4.78, 5) is 12.3. The lowest BCUT2D eigenvalue weighted by molar-refractivity contribution is 0.0405. The number of aliphatic hydroxyl groups is 1. The molecule has 4 rings (SSSR count). The molecule has 1 atom stereocenters. The van der Waals surface area contributed by atoms with Gasteiger partial charge in [0.2, 0.25) is 11.7 Å². The maximum Gasteiger partial charge on any atom is 0.290 e. The molecule has 2 aromatic rings. The third kappa shape index (κ3) is 3.20. The summed E-state index contributed by atoms with van der Waals surface area (Å²) in [7, 11) is 0. The Hall–Kier alpha value is -2.87. The van der Waals surface area contributed by atoms with Crippen molar-refractivity contribution in [1.82, 2.24) is 15.9 Å². The fraction of sp³-hybridized carbons (Fsp3) is 0.353. The van der Waals surface area contributed by atoms with Gasteiger partial charge < -0.3 is 19.7 Å². The van der Waals surface area contributed by atoms with Crippen LogP contribution in [0.1, 0.15) is 23.4 Å². The van der Waals surface area contributed by atoms with Gasteiger partial charge in [0.05, 0.1) is 0 Å². The molecule has 0 bridgehead atoms. The molecule has 25 heavy (non-hydrogen) atoms. The number of hydrogen-bond donors (Lipinski definition) is 3. The number of nitrogens with one attached hydrogen (secondary N) is 2. The summed E-state index contributed by atoms with van der Waals surface area (Å²) in [6.45, 7) is -0.217. The Labute approximate surface area is 143 Å². The first-order chi connectivity index (χ1) is 12.2. The van der Waals surface area contributed by atoms with E-state index >= 15 is 0 Å². The van der Waals surface area contributed by atoms with Crippen molar-refractivity contribution in [3.05, 3.63) is 42.2 Å². The molecule has 0 spiro atoms. The van der Waals surface area contributed by atoms with Gasteiger partial charge >= 0.3 is 0 Å². The van der Waals surface area contributed by atoms with Crippen molar-refractivity contribution in [2.24, 2.45) is 11.0 Å². The lowest BCUT2D eigenvalue weighted by Gasteiger charge is -2.37. The molecule has 130 valence electrons. The Morgan fingerprint density at radius 3 is 2.84 bits per heavy atom. The largest absolute Gasteiger partial charge is 0.452 e. The molecule has 8 nitrogen and oxygen atoms in total. The topological polar surface area (TPSA) is 109 Å². The predicted molar refractivity (Wildman–Crippen MR) is 88.4 cm³/mol. The highest BCUT2D eigenvalue weighted by molar-refractivity contribution is 5.92. The molecule has 8 heteroatoms. The van der Waals surface area contributed by atoms with Crippen LogP contribution in [0.5, 0.6) is 0 Å². The van der Waals surface area contributed by atoms with E-state index in [0.717, 1.165) is 18.4 Å². The Morgan fingerprint density at radius 2 is 2.12 bits per heavy atom. The second-order valence-corrected chi connectivity index (χ2v) is 6.18. The van der Waals surface area contributed by atoms with Crippen LogP contribution in [0, 0.1) is 5.92 Å². The van der Waals surface area contributed by atoms with E-state index in [2.05, 4.69) is 21.0 Å². The van der Waals surface area contributed by atoms with Crippen LogP contribution >= 0.6 is 0 Å². The molecule has 1 fully saturated rings. The summed E-state index contributed by atoms with van der Waals surface area (Å²) < 4.78 is 10.6. The van der Waals surface area contributed by atoms with Gasteiger partial charge in [0.25, 0.3) is 5.91 Å². The molecule has 3 N–H and O–H groups in total. The number of aromatic nitrogens is 1. The van der Waals surface area contributed by atoms with E-state index in [9.17, 15) is 4.79 Å². The molecule has 2 heterocycles. The molecule has 1 aromatic carbocycles. The van der Waals surface area contributed by atoms with E-state index in [4.69, 9.17) is 14.4 Å². The minimum Gasteiger partial charge on any atom is -0.452 e. The Kier molecular flexibility index (Phi) is 4.10. The molecule has 0 radical (unpaired) electrons. The molecular formula is C17H18N4O4. The zero-order valence-corrected chi connectivity index (χ0v) is 13.4. The molecule has 0 unspecified atom stereocenters. The number of hydrogen-bond acceptors (Lipinski definition) is 7. The number of benzene rings is 1. The van der Waals surface area contributed by atoms with Gasteiger partial charge in [-0.2, -0.15) is 0 Å². The van der Waals surface area contributed by atoms with Gasteiger partial charge in [0.15, 0.2) is 6.23 Å². The summed E-state index contributed by atoms with van der Waals surface area (Å²) in [5.41, 5.74) is 4.39. The number of carbonyl (C=O) groups is 1. The molecule has 1 saturated carbocycles. The molecule has 2 aliphatic rings. The maximum atomic E-state index is 12.3. The van der Waals surface area contributed by atoms with Crippen LogP contribution in [0.4, 0.5) is 0 Å². The van der Waals surface area contributed by atoms with E-state index in [1.165, 1.54) is 0 Å². The summed E-state index contributed by atoms with van der Waals surface area (Å²) >= 11 is 0. The molecule has 0 saturated heterocycles. The van der Waals surface area contributed by atoms with Crippen LogP contribution in [0.25, 0.3) is 11.3 Å². The average Bonchev–Trinajstić information content (AvgIpc) is 3.27. The van der Waals surface area contributed by atoms with Crippen molar-refractivity contribution < 1.29 is 19.2 Å². The molecule has 1 aliphatic carbocycles. The molecule has 1 aromatic heterocycles. The number of amides is 1. The third-order valence-electron chi connectivity index (χ3n) is 4.46.